The summed E-state index contributed by atoms with van der Waals surface area (Å²) in [6.07, 6.45) is 5.02. The molecular formula is C18H16N4O2S. The molecule has 0 aliphatic heterocycles. The second-order valence-electron chi connectivity index (χ2n) is 5.47. The molecule has 7 heteroatoms. The molecule has 0 aliphatic rings. The summed E-state index contributed by atoms with van der Waals surface area (Å²) < 4.78 is 0. The van der Waals surface area contributed by atoms with Gasteiger partial charge >= 0.3 is 0 Å². The van der Waals surface area contributed by atoms with Crippen LogP contribution >= 0.6 is 11.3 Å². The number of carbonyl (C=O) groups is 2. The highest BCUT2D eigenvalue weighted by Gasteiger charge is 2.13. The second kappa shape index (κ2) is 7.23. The summed E-state index contributed by atoms with van der Waals surface area (Å²) in [6.45, 7) is 2.28. The molecule has 126 valence electrons. The molecule has 0 unspecified atom stereocenters. The topological polar surface area (TPSA) is 98.0 Å². The smallest absolute Gasteiger partial charge is 0.263 e. The maximum absolute atomic E-state index is 12.3. The fourth-order valence-corrected chi connectivity index (χ4v) is 3.20. The van der Waals surface area contributed by atoms with Crippen LogP contribution in [0.1, 0.15) is 31.2 Å². The highest BCUT2D eigenvalue weighted by molar-refractivity contribution is 7.16. The molecule has 3 aromatic rings. The summed E-state index contributed by atoms with van der Waals surface area (Å²) in [4.78, 5) is 32.5. The maximum Gasteiger partial charge on any atom is 0.263 e. The Labute approximate surface area is 148 Å². The lowest BCUT2D eigenvalue weighted by Crippen LogP contribution is -2.22. The van der Waals surface area contributed by atoms with Gasteiger partial charge in [0.2, 0.25) is 5.91 Å². The van der Waals surface area contributed by atoms with Crippen LogP contribution in [0, 0.1) is 6.92 Å². The van der Waals surface area contributed by atoms with E-state index >= 15 is 0 Å². The van der Waals surface area contributed by atoms with Gasteiger partial charge in [-0.15, -0.1) is 11.3 Å². The summed E-state index contributed by atoms with van der Waals surface area (Å²) in [5, 5.41) is 3.58. The minimum absolute atomic E-state index is 0.213. The number of nitrogens with one attached hydrogen (secondary N) is 1. The lowest BCUT2D eigenvalue weighted by molar-refractivity contribution is 0.0954. The third-order valence-electron chi connectivity index (χ3n) is 3.66. The summed E-state index contributed by atoms with van der Waals surface area (Å²) in [7, 11) is 0. The molecule has 0 spiro atoms. The standard InChI is InChI=1S/C18H16N4O2S/c1-11-5-6-20-9-14(11)18-22-10-15(25-18)17(24)21-8-12-3-2-4-13(7-12)16(19)23/h2-7,9-10H,8H2,1H3,(H2,19,23)(H,21,24). The normalized spacial score (nSPS) is 10.4. The van der Waals surface area contributed by atoms with Crippen molar-refractivity contribution in [2.24, 2.45) is 5.73 Å². The van der Waals surface area contributed by atoms with Gasteiger partial charge in [-0.1, -0.05) is 12.1 Å². The van der Waals surface area contributed by atoms with Crippen LogP contribution in [-0.4, -0.2) is 21.8 Å². The summed E-state index contributed by atoms with van der Waals surface area (Å²) in [6, 6.07) is 8.77. The van der Waals surface area contributed by atoms with Gasteiger partial charge in [-0.2, -0.15) is 0 Å². The molecule has 0 fully saturated rings. The van der Waals surface area contributed by atoms with E-state index in [1.807, 2.05) is 19.1 Å². The lowest BCUT2D eigenvalue weighted by Gasteiger charge is -2.05. The minimum atomic E-state index is -0.493. The zero-order chi connectivity index (χ0) is 17.8. The molecule has 3 N–H and O–H groups in total. The Kier molecular flexibility index (Phi) is 4.85. The number of hydrogen-bond acceptors (Lipinski definition) is 5. The molecule has 2 aromatic heterocycles. The quantitative estimate of drug-likeness (QED) is 0.737. The molecule has 6 nitrogen and oxygen atoms in total. The minimum Gasteiger partial charge on any atom is -0.366 e. The predicted octanol–water partition coefficient (Wildman–Crippen LogP) is 2.54. The largest absolute Gasteiger partial charge is 0.366 e. The van der Waals surface area contributed by atoms with Crippen molar-refractivity contribution in [1.29, 1.82) is 0 Å². The van der Waals surface area contributed by atoms with Gasteiger partial charge in [-0.25, -0.2) is 4.98 Å². The zero-order valence-electron chi connectivity index (χ0n) is 13.5. The van der Waals surface area contributed by atoms with Crippen LogP contribution in [0.25, 0.3) is 10.6 Å². The van der Waals surface area contributed by atoms with E-state index in [1.54, 1.807) is 36.8 Å². The van der Waals surface area contributed by atoms with Gasteiger partial charge in [0.25, 0.3) is 5.91 Å². The van der Waals surface area contributed by atoms with E-state index in [9.17, 15) is 9.59 Å². The molecule has 0 aliphatic carbocycles. The molecule has 25 heavy (non-hydrogen) atoms. The average molecular weight is 352 g/mol. The van der Waals surface area contributed by atoms with Crippen molar-refractivity contribution in [2.45, 2.75) is 13.5 Å². The van der Waals surface area contributed by atoms with Crippen molar-refractivity contribution >= 4 is 23.2 Å². The summed E-state index contributed by atoms with van der Waals surface area (Å²) in [5.41, 5.74) is 8.45. The van der Waals surface area contributed by atoms with E-state index in [0.717, 1.165) is 21.7 Å². The number of aromatic nitrogens is 2. The van der Waals surface area contributed by atoms with Crippen molar-refractivity contribution in [2.75, 3.05) is 0 Å². The number of primary amides is 1. The van der Waals surface area contributed by atoms with Gasteiger partial charge in [0.05, 0.1) is 6.20 Å². The number of nitrogens with zero attached hydrogens (tertiary/aromatic N) is 2. The molecule has 0 bridgehead atoms. The highest BCUT2D eigenvalue weighted by Crippen LogP contribution is 2.27. The zero-order valence-corrected chi connectivity index (χ0v) is 14.3. The number of benzene rings is 1. The van der Waals surface area contributed by atoms with E-state index < -0.39 is 5.91 Å². The Morgan fingerprint density at radius 3 is 2.84 bits per heavy atom. The summed E-state index contributed by atoms with van der Waals surface area (Å²) in [5.74, 6) is -0.707. The van der Waals surface area contributed by atoms with Crippen LogP contribution in [-0.2, 0) is 6.54 Å². The number of aryl methyl sites for hydroxylation is 1. The number of pyridine rings is 1. The van der Waals surface area contributed by atoms with Crippen LogP contribution in [0.5, 0.6) is 0 Å². The van der Waals surface area contributed by atoms with Gasteiger partial charge < -0.3 is 11.1 Å². The SMILES string of the molecule is Cc1ccncc1-c1ncc(C(=O)NCc2cccc(C(N)=O)c2)s1. The Bertz CT molecular complexity index is 936. The first-order valence-electron chi connectivity index (χ1n) is 7.58. The van der Waals surface area contributed by atoms with Crippen LogP contribution in [0.3, 0.4) is 0 Å². The van der Waals surface area contributed by atoms with Crippen molar-refractivity contribution < 1.29 is 9.59 Å². The molecule has 2 amide bonds. The third kappa shape index (κ3) is 3.89. The Hall–Kier alpha value is -3.06. The number of nitrogens with two attached hydrogens (primary N) is 1. The fraction of sp³-hybridized carbons (Fsp3) is 0.111. The van der Waals surface area contributed by atoms with Crippen LogP contribution in [0.4, 0.5) is 0 Å². The van der Waals surface area contributed by atoms with Crippen LogP contribution in [0.2, 0.25) is 0 Å². The van der Waals surface area contributed by atoms with Gasteiger partial charge in [-0.3, -0.25) is 14.6 Å². The molecule has 3 rings (SSSR count). The first-order valence-corrected chi connectivity index (χ1v) is 8.40. The van der Waals surface area contributed by atoms with Gasteiger partial charge in [0.15, 0.2) is 0 Å². The van der Waals surface area contributed by atoms with E-state index in [1.165, 1.54) is 11.3 Å². The molecule has 2 heterocycles. The molecule has 1 aromatic carbocycles. The first kappa shape index (κ1) is 16.8. The van der Waals surface area contributed by atoms with Gasteiger partial charge in [-0.05, 0) is 36.2 Å². The molecule has 0 radical (unpaired) electrons. The number of thiazole rings is 1. The second-order valence-corrected chi connectivity index (χ2v) is 6.50. The van der Waals surface area contributed by atoms with E-state index in [0.29, 0.717) is 17.0 Å². The van der Waals surface area contributed by atoms with Gasteiger partial charge in [0.1, 0.15) is 9.88 Å². The van der Waals surface area contributed by atoms with E-state index in [-0.39, 0.29) is 5.91 Å². The lowest BCUT2D eigenvalue weighted by atomic mass is 10.1. The fourth-order valence-electron chi connectivity index (χ4n) is 2.30. The van der Waals surface area contributed by atoms with Gasteiger partial charge in [0, 0.05) is 30.1 Å². The molecule has 0 atom stereocenters. The maximum atomic E-state index is 12.3. The molecular weight excluding hydrogens is 336 g/mol. The van der Waals surface area contributed by atoms with E-state index in [2.05, 4.69) is 15.3 Å². The third-order valence-corrected chi connectivity index (χ3v) is 4.69. The Morgan fingerprint density at radius 2 is 2.08 bits per heavy atom. The summed E-state index contributed by atoms with van der Waals surface area (Å²) >= 11 is 1.31. The predicted molar refractivity (Wildman–Crippen MR) is 96.2 cm³/mol. The van der Waals surface area contributed by atoms with Crippen molar-refractivity contribution in [3.63, 3.8) is 0 Å². The first-order chi connectivity index (χ1) is 12.0. The van der Waals surface area contributed by atoms with Crippen LogP contribution < -0.4 is 11.1 Å². The highest BCUT2D eigenvalue weighted by atomic mass is 32.1. The molecule has 0 saturated carbocycles. The van der Waals surface area contributed by atoms with Crippen LogP contribution in [0.15, 0.2) is 48.9 Å². The monoisotopic (exact) mass is 352 g/mol. The van der Waals surface area contributed by atoms with E-state index in [4.69, 9.17) is 5.73 Å². The van der Waals surface area contributed by atoms with Crippen molar-refractivity contribution in [3.05, 3.63) is 70.5 Å². The number of carbonyl (C=O) groups excluding carboxylic acids is 2. The Balaban J connectivity index is 1.69. The number of rotatable bonds is 5. The molecule has 0 saturated heterocycles. The average Bonchev–Trinajstić information content (AvgIpc) is 3.10. The Morgan fingerprint density at radius 1 is 1.24 bits per heavy atom. The van der Waals surface area contributed by atoms with Crippen molar-refractivity contribution in [1.82, 2.24) is 15.3 Å². The number of hydrogen-bond donors (Lipinski definition) is 2. The van der Waals surface area contributed by atoms with Crippen molar-refractivity contribution in [3.8, 4) is 10.6 Å². The number of amides is 2.